The molecule has 0 aromatic heterocycles. The van der Waals surface area contributed by atoms with E-state index in [1.165, 1.54) is 0 Å². The molecule has 2 aliphatic heterocycles. The highest BCUT2D eigenvalue weighted by Crippen LogP contribution is 2.35. The summed E-state index contributed by atoms with van der Waals surface area (Å²) in [4.78, 5) is 19.4. The van der Waals surface area contributed by atoms with Crippen molar-refractivity contribution in [2.75, 3.05) is 11.7 Å². The quantitative estimate of drug-likeness (QED) is 0.730. The van der Waals surface area contributed by atoms with Crippen molar-refractivity contribution < 1.29 is 14.3 Å². The number of nitrogens with zero attached hydrogens (tertiary/aromatic N) is 2. The van der Waals surface area contributed by atoms with E-state index in [1.807, 2.05) is 49.4 Å². The number of carbonyl (C=O) groups excluding carboxylic acids is 1. The number of hydrogen-bond donors (Lipinski definition) is 0. The summed E-state index contributed by atoms with van der Waals surface area (Å²) in [6.45, 7) is 6.43. The second-order valence-corrected chi connectivity index (χ2v) is 8.22. The fourth-order valence-corrected chi connectivity index (χ4v) is 3.73. The second-order valence-electron chi connectivity index (χ2n) is 6.68. The molecule has 1 amide bonds. The third-order valence-electron chi connectivity index (χ3n) is 4.16. The molecular formula is C21H20N2O3S. The average Bonchev–Trinajstić information content (AvgIpc) is 3.20. The van der Waals surface area contributed by atoms with Gasteiger partial charge in [0.15, 0.2) is 16.7 Å². The van der Waals surface area contributed by atoms with Gasteiger partial charge in [-0.15, -0.1) is 0 Å². The standard InChI is InChI=1S/C21H20N2O3S/c1-13(2)27-21-22-17(10-15-6-9-18-19(11-15)26-12-25-18)20(24)23(21)16-7-4-14(3)5-8-16/h4-11,13H,12H2,1-3H3/b17-10-. The van der Waals surface area contributed by atoms with E-state index in [4.69, 9.17) is 9.47 Å². The van der Waals surface area contributed by atoms with Gasteiger partial charge in [0, 0.05) is 5.25 Å². The van der Waals surface area contributed by atoms with Crippen LogP contribution < -0.4 is 14.4 Å². The lowest BCUT2D eigenvalue weighted by Gasteiger charge is -2.19. The molecule has 0 spiro atoms. The van der Waals surface area contributed by atoms with Gasteiger partial charge in [-0.2, -0.15) is 0 Å². The summed E-state index contributed by atoms with van der Waals surface area (Å²) >= 11 is 1.58. The number of benzene rings is 2. The van der Waals surface area contributed by atoms with Crippen LogP contribution in [0.1, 0.15) is 25.0 Å². The summed E-state index contributed by atoms with van der Waals surface area (Å²) in [7, 11) is 0. The third-order valence-corrected chi connectivity index (χ3v) is 5.12. The van der Waals surface area contributed by atoms with E-state index in [2.05, 4.69) is 18.8 Å². The van der Waals surface area contributed by atoms with Gasteiger partial charge in [-0.3, -0.25) is 9.69 Å². The molecule has 0 atom stereocenters. The highest BCUT2D eigenvalue weighted by Gasteiger charge is 2.32. The van der Waals surface area contributed by atoms with Crippen LogP contribution in [0.5, 0.6) is 11.5 Å². The smallest absolute Gasteiger partial charge is 0.283 e. The van der Waals surface area contributed by atoms with Gasteiger partial charge in [0.05, 0.1) is 5.69 Å². The van der Waals surface area contributed by atoms with Crippen LogP contribution >= 0.6 is 11.8 Å². The molecule has 0 fully saturated rings. The number of thioether (sulfide) groups is 1. The first-order chi connectivity index (χ1) is 13.0. The van der Waals surface area contributed by atoms with Crippen LogP contribution in [-0.4, -0.2) is 23.1 Å². The molecule has 2 aromatic rings. The minimum atomic E-state index is -0.125. The SMILES string of the molecule is Cc1ccc(N2C(=O)/C(=C/c3ccc4c(c3)OCO4)N=C2SC(C)C)cc1. The number of carbonyl (C=O) groups is 1. The highest BCUT2D eigenvalue weighted by molar-refractivity contribution is 8.14. The van der Waals surface area contributed by atoms with Gasteiger partial charge in [-0.05, 0) is 42.8 Å². The molecule has 138 valence electrons. The Kier molecular flexibility index (Phi) is 4.66. The number of anilines is 1. The summed E-state index contributed by atoms with van der Waals surface area (Å²) in [5.74, 6) is 1.28. The number of aryl methyl sites for hydroxylation is 1. The zero-order valence-electron chi connectivity index (χ0n) is 15.4. The van der Waals surface area contributed by atoms with Crippen LogP contribution in [0.3, 0.4) is 0 Å². The zero-order chi connectivity index (χ0) is 19.0. The Morgan fingerprint density at radius 1 is 1.11 bits per heavy atom. The van der Waals surface area contributed by atoms with E-state index >= 15 is 0 Å². The molecule has 6 heteroatoms. The van der Waals surface area contributed by atoms with E-state index in [9.17, 15) is 4.79 Å². The van der Waals surface area contributed by atoms with Crippen molar-refractivity contribution in [3.05, 3.63) is 59.3 Å². The molecule has 0 unspecified atom stereocenters. The summed E-state index contributed by atoms with van der Waals surface area (Å²) in [5, 5.41) is 1.01. The van der Waals surface area contributed by atoms with Crippen LogP contribution in [-0.2, 0) is 4.79 Å². The first-order valence-electron chi connectivity index (χ1n) is 8.79. The fourth-order valence-electron chi connectivity index (χ4n) is 2.87. The van der Waals surface area contributed by atoms with Crippen molar-refractivity contribution in [2.45, 2.75) is 26.0 Å². The molecular weight excluding hydrogens is 360 g/mol. The predicted octanol–water partition coefficient (Wildman–Crippen LogP) is 4.61. The summed E-state index contributed by atoms with van der Waals surface area (Å²) in [6, 6.07) is 13.5. The van der Waals surface area contributed by atoms with Crippen molar-refractivity contribution in [2.24, 2.45) is 4.99 Å². The van der Waals surface area contributed by atoms with Crippen LogP contribution in [0, 0.1) is 6.92 Å². The molecule has 0 N–H and O–H groups in total. The lowest BCUT2D eigenvalue weighted by atomic mass is 10.1. The minimum absolute atomic E-state index is 0.125. The lowest BCUT2D eigenvalue weighted by Crippen LogP contribution is -2.30. The molecule has 0 bridgehead atoms. The summed E-state index contributed by atoms with van der Waals surface area (Å²) < 4.78 is 10.8. The summed E-state index contributed by atoms with van der Waals surface area (Å²) in [5.41, 5.74) is 3.24. The Labute approximate surface area is 162 Å². The number of ether oxygens (including phenoxy) is 2. The summed E-state index contributed by atoms with van der Waals surface area (Å²) in [6.07, 6.45) is 1.79. The molecule has 0 saturated heterocycles. The van der Waals surface area contributed by atoms with Crippen molar-refractivity contribution in [1.82, 2.24) is 0 Å². The van der Waals surface area contributed by atoms with Crippen molar-refractivity contribution >= 4 is 34.6 Å². The van der Waals surface area contributed by atoms with Crippen LogP contribution in [0.4, 0.5) is 5.69 Å². The fraction of sp³-hybridized carbons (Fsp3) is 0.238. The second kappa shape index (κ2) is 7.12. The molecule has 2 aromatic carbocycles. The maximum Gasteiger partial charge on any atom is 0.283 e. The van der Waals surface area contributed by atoms with Gasteiger partial charge in [-0.1, -0.05) is 49.4 Å². The Morgan fingerprint density at radius 3 is 2.59 bits per heavy atom. The number of aliphatic imine (C=N–C) groups is 1. The Hall–Kier alpha value is -2.73. The van der Waals surface area contributed by atoms with Crippen LogP contribution in [0.25, 0.3) is 6.08 Å². The Bertz CT molecular complexity index is 948. The van der Waals surface area contributed by atoms with Crippen molar-refractivity contribution in [1.29, 1.82) is 0 Å². The molecule has 2 heterocycles. The maximum atomic E-state index is 13.1. The van der Waals surface area contributed by atoms with Gasteiger partial charge in [0.1, 0.15) is 5.70 Å². The number of amidine groups is 1. The van der Waals surface area contributed by atoms with Gasteiger partial charge in [0.2, 0.25) is 6.79 Å². The zero-order valence-corrected chi connectivity index (χ0v) is 16.2. The molecule has 2 aliphatic rings. The van der Waals surface area contributed by atoms with E-state index in [1.54, 1.807) is 22.7 Å². The van der Waals surface area contributed by atoms with Crippen LogP contribution in [0.2, 0.25) is 0 Å². The van der Waals surface area contributed by atoms with Gasteiger partial charge >= 0.3 is 0 Å². The first-order valence-corrected chi connectivity index (χ1v) is 9.67. The van der Waals surface area contributed by atoms with Gasteiger partial charge in [-0.25, -0.2) is 4.99 Å². The molecule has 0 radical (unpaired) electrons. The average molecular weight is 380 g/mol. The number of fused-ring (bicyclic) bond motifs is 1. The van der Waals surface area contributed by atoms with Gasteiger partial charge < -0.3 is 9.47 Å². The Morgan fingerprint density at radius 2 is 1.85 bits per heavy atom. The Balaban J connectivity index is 1.70. The van der Waals surface area contributed by atoms with Crippen molar-refractivity contribution in [3.8, 4) is 11.5 Å². The monoisotopic (exact) mass is 380 g/mol. The largest absolute Gasteiger partial charge is 0.454 e. The van der Waals surface area contributed by atoms with E-state index < -0.39 is 0 Å². The van der Waals surface area contributed by atoms with Gasteiger partial charge in [0.25, 0.3) is 5.91 Å². The van der Waals surface area contributed by atoms with E-state index in [0.29, 0.717) is 21.9 Å². The number of amides is 1. The molecule has 27 heavy (non-hydrogen) atoms. The normalized spacial score (nSPS) is 17.2. The highest BCUT2D eigenvalue weighted by atomic mass is 32.2. The van der Waals surface area contributed by atoms with E-state index in [-0.39, 0.29) is 12.7 Å². The molecule has 0 aliphatic carbocycles. The third kappa shape index (κ3) is 3.57. The molecule has 5 nitrogen and oxygen atoms in total. The maximum absolute atomic E-state index is 13.1. The van der Waals surface area contributed by atoms with Crippen LogP contribution in [0.15, 0.2) is 53.2 Å². The first kappa shape index (κ1) is 17.7. The topological polar surface area (TPSA) is 51.1 Å². The number of hydrogen-bond acceptors (Lipinski definition) is 5. The molecule has 0 saturated carbocycles. The predicted molar refractivity (Wildman–Crippen MR) is 109 cm³/mol. The van der Waals surface area contributed by atoms with E-state index in [0.717, 1.165) is 22.6 Å². The lowest BCUT2D eigenvalue weighted by molar-refractivity contribution is -0.113. The minimum Gasteiger partial charge on any atom is -0.454 e. The van der Waals surface area contributed by atoms with Crippen molar-refractivity contribution in [3.63, 3.8) is 0 Å². The number of rotatable bonds is 3. The molecule has 4 rings (SSSR count).